The third-order valence-corrected chi connectivity index (χ3v) is 4.00. The zero-order chi connectivity index (χ0) is 17.4. The van der Waals surface area contributed by atoms with Crippen LogP contribution in [0.3, 0.4) is 0 Å². The van der Waals surface area contributed by atoms with Crippen LogP contribution in [0.2, 0.25) is 0 Å². The van der Waals surface area contributed by atoms with E-state index in [-0.39, 0.29) is 12.6 Å². The fourth-order valence-electron chi connectivity index (χ4n) is 2.19. The fraction of sp³-hybridized carbons (Fsp3) is 0.316. The summed E-state index contributed by atoms with van der Waals surface area (Å²) in [5.41, 5.74) is -0.312. The summed E-state index contributed by atoms with van der Waals surface area (Å²) in [6.45, 7) is 3.99. The van der Waals surface area contributed by atoms with Crippen LogP contribution in [0.4, 0.5) is 10.5 Å². The van der Waals surface area contributed by atoms with Gasteiger partial charge in [0.1, 0.15) is 5.75 Å². The lowest BCUT2D eigenvalue weighted by molar-refractivity contribution is 0.0354. The van der Waals surface area contributed by atoms with E-state index in [1.54, 1.807) is 12.1 Å². The molecule has 2 amide bonds. The van der Waals surface area contributed by atoms with Gasteiger partial charge in [0, 0.05) is 6.54 Å². The van der Waals surface area contributed by atoms with Crippen molar-refractivity contribution in [2.45, 2.75) is 32.3 Å². The van der Waals surface area contributed by atoms with Crippen molar-refractivity contribution in [3.05, 3.63) is 54.6 Å². The van der Waals surface area contributed by atoms with Crippen molar-refractivity contribution in [3.8, 4) is 11.5 Å². The van der Waals surface area contributed by atoms with Crippen molar-refractivity contribution in [1.29, 1.82) is 0 Å². The molecule has 0 fully saturated rings. The maximum absolute atomic E-state index is 12.1. The smallest absolute Gasteiger partial charge is 0.319 e. The summed E-state index contributed by atoms with van der Waals surface area (Å²) in [6.07, 6.45) is 1.16. The van der Waals surface area contributed by atoms with Crippen molar-refractivity contribution in [2.75, 3.05) is 11.9 Å². The summed E-state index contributed by atoms with van der Waals surface area (Å²) in [5, 5.41) is 15.7. The Morgan fingerprint density at radius 2 is 1.67 bits per heavy atom. The van der Waals surface area contributed by atoms with Gasteiger partial charge >= 0.3 is 6.03 Å². The van der Waals surface area contributed by atoms with Crippen molar-refractivity contribution in [1.82, 2.24) is 5.32 Å². The summed E-state index contributed by atoms with van der Waals surface area (Å²) >= 11 is 0. The van der Waals surface area contributed by atoms with E-state index in [0.717, 1.165) is 0 Å². The maximum Gasteiger partial charge on any atom is 0.319 e. The van der Waals surface area contributed by atoms with Gasteiger partial charge in [0.2, 0.25) is 0 Å². The molecule has 0 spiro atoms. The number of carbonyl (C=O) groups is 1. The van der Waals surface area contributed by atoms with Crippen molar-refractivity contribution >= 4 is 11.7 Å². The van der Waals surface area contributed by atoms with E-state index in [1.165, 1.54) is 0 Å². The SMILES string of the molecule is CCC(O)(CC)CNC(=O)Nc1ccccc1Oc1ccccc1. The van der Waals surface area contributed by atoms with E-state index in [9.17, 15) is 9.90 Å². The lowest BCUT2D eigenvalue weighted by Crippen LogP contribution is -2.43. The molecule has 0 radical (unpaired) electrons. The molecule has 0 heterocycles. The number of hydrogen-bond donors (Lipinski definition) is 3. The number of para-hydroxylation sites is 3. The lowest BCUT2D eigenvalue weighted by Gasteiger charge is -2.25. The van der Waals surface area contributed by atoms with Gasteiger partial charge in [-0.3, -0.25) is 0 Å². The van der Waals surface area contributed by atoms with E-state index < -0.39 is 5.60 Å². The van der Waals surface area contributed by atoms with Crippen LogP contribution in [0.15, 0.2) is 54.6 Å². The average molecular weight is 328 g/mol. The van der Waals surface area contributed by atoms with Crippen LogP contribution >= 0.6 is 0 Å². The second-order valence-electron chi connectivity index (χ2n) is 5.65. The van der Waals surface area contributed by atoms with Gasteiger partial charge < -0.3 is 20.5 Å². The van der Waals surface area contributed by atoms with Gasteiger partial charge in [0.15, 0.2) is 5.75 Å². The highest BCUT2D eigenvalue weighted by atomic mass is 16.5. The molecule has 0 bridgehead atoms. The normalized spacial score (nSPS) is 11.0. The van der Waals surface area contributed by atoms with Crippen molar-refractivity contribution in [3.63, 3.8) is 0 Å². The van der Waals surface area contributed by atoms with E-state index >= 15 is 0 Å². The molecule has 24 heavy (non-hydrogen) atoms. The van der Waals surface area contributed by atoms with Gasteiger partial charge in [0.05, 0.1) is 11.3 Å². The minimum absolute atomic E-state index is 0.202. The van der Waals surface area contributed by atoms with Crippen molar-refractivity contribution < 1.29 is 14.6 Å². The number of urea groups is 1. The quantitative estimate of drug-likeness (QED) is 0.715. The first-order valence-electron chi connectivity index (χ1n) is 8.15. The number of aliphatic hydroxyl groups is 1. The second kappa shape index (κ2) is 8.36. The molecule has 0 aromatic heterocycles. The number of ether oxygens (including phenoxy) is 1. The highest BCUT2D eigenvalue weighted by molar-refractivity contribution is 5.91. The van der Waals surface area contributed by atoms with Gasteiger partial charge in [-0.15, -0.1) is 0 Å². The zero-order valence-corrected chi connectivity index (χ0v) is 14.1. The van der Waals surface area contributed by atoms with Gasteiger partial charge in [-0.25, -0.2) is 4.79 Å². The second-order valence-corrected chi connectivity index (χ2v) is 5.65. The molecule has 0 unspecified atom stereocenters. The minimum Gasteiger partial charge on any atom is -0.455 e. The molecular formula is C19H24N2O3. The van der Waals surface area contributed by atoms with Crippen LogP contribution < -0.4 is 15.4 Å². The Labute approximate surface area is 142 Å². The fourth-order valence-corrected chi connectivity index (χ4v) is 2.19. The first-order valence-corrected chi connectivity index (χ1v) is 8.15. The summed E-state index contributed by atoms with van der Waals surface area (Å²) < 4.78 is 5.81. The predicted octanol–water partition coefficient (Wildman–Crippen LogP) is 4.15. The van der Waals surface area contributed by atoms with Crippen LogP contribution in [-0.4, -0.2) is 23.3 Å². The third-order valence-electron chi connectivity index (χ3n) is 4.00. The van der Waals surface area contributed by atoms with Gasteiger partial charge in [0.25, 0.3) is 0 Å². The van der Waals surface area contributed by atoms with Gasteiger partial charge in [-0.2, -0.15) is 0 Å². The van der Waals surface area contributed by atoms with Crippen molar-refractivity contribution in [2.24, 2.45) is 0 Å². The Morgan fingerprint density at radius 3 is 2.33 bits per heavy atom. The highest BCUT2D eigenvalue weighted by Crippen LogP contribution is 2.29. The predicted molar refractivity (Wildman–Crippen MR) is 95.5 cm³/mol. The average Bonchev–Trinajstić information content (AvgIpc) is 2.62. The Kier molecular flexibility index (Phi) is 6.21. The lowest BCUT2D eigenvalue weighted by atomic mass is 9.98. The molecule has 0 aliphatic heterocycles. The molecule has 0 saturated carbocycles. The number of nitrogens with one attached hydrogen (secondary N) is 2. The van der Waals surface area contributed by atoms with E-state index in [0.29, 0.717) is 30.0 Å². The number of hydrogen-bond acceptors (Lipinski definition) is 3. The van der Waals surface area contributed by atoms with Crippen LogP contribution in [0, 0.1) is 0 Å². The van der Waals surface area contributed by atoms with E-state index in [2.05, 4.69) is 10.6 Å². The highest BCUT2D eigenvalue weighted by Gasteiger charge is 2.22. The largest absolute Gasteiger partial charge is 0.455 e. The van der Waals surface area contributed by atoms with E-state index in [1.807, 2.05) is 56.3 Å². The number of anilines is 1. The molecule has 3 N–H and O–H groups in total. The molecule has 2 aromatic carbocycles. The number of amides is 2. The van der Waals surface area contributed by atoms with Gasteiger partial charge in [-0.1, -0.05) is 44.2 Å². The number of benzene rings is 2. The number of carbonyl (C=O) groups excluding carboxylic acids is 1. The summed E-state index contributed by atoms with van der Waals surface area (Å²) in [7, 11) is 0. The molecule has 5 heteroatoms. The Hall–Kier alpha value is -2.53. The first-order chi connectivity index (χ1) is 11.6. The molecule has 0 aliphatic rings. The summed E-state index contributed by atoms with van der Waals surface area (Å²) in [5.74, 6) is 1.25. The Morgan fingerprint density at radius 1 is 1.04 bits per heavy atom. The van der Waals surface area contributed by atoms with E-state index in [4.69, 9.17) is 4.74 Å². The summed E-state index contributed by atoms with van der Waals surface area (Å²) in [6, 6.07) is 16.2. The van der Waals surface area contributed by atoms with Gasteiger partial charge in [-0.05, 0) is 37.1 Å². The molecule has 0 saturated heterocycles. The maximum atomic E-state index is 12.1. The first kappa shape index (κ1) is 17.8. The third kappa shape index (κ3) is 4.99. The molecule has 5 nitrogen and oxygen atoms in total. The molecule has 2 aromatic rings. The monoisotopic (exact) mass is 328 g/mol. The molecule has 0 atom stereocenters. The Bertz CT molecular complexity index is 655. The topological polar surface area (TPSA) is 70.6 Å². The van der Waals surface area contributed by atoms with Crippen LogP contribution in [0.1, 0.15) is 26.7 Å². The van der Waals surface area contributed by atoms with Crippen LogP contribution in [0.25, 0.3) is 0 Å². The standard InChI is InChI=1S/C19H24N2O3/c1-3-19(23,4-2)14-20-18(22)21-16-12-8-9-13-17(16)24-15-10-6-5-7-11-15/h5-13,23H,3-4,14H2,1-2H3,(H2,20,21,22). The van der Waals surface area contributed by atoms with Crippen LogP contribution in [-0.2, 0) is 0 Å². The minimum atomic E-state index is -0.878. The van der Waals surface area contributed by atoms with Crippen LogP contribution in [0.5, 0.6) is 11.5 Å². The molecule has 128 valence electrons. The molecule has 0 aliphatic carbocycles. The Balaban J connectivity index is 2.01. The molecule has 2 rings (SSSR count). The summed E-state index contributed by atoms with van der Waals surface area (Å²) in [4.78, 5) is 12.1. The molecular weight excluding hydrogens is 304 g/mol. The number of rotatable bonds is 7. The zero-order valence-electron chi connectivity index (χ0n) is 14.1.